The van der Waals surface area contributed by atoms with Crippen molar-refractivity contribution in [2.45, 2.75) is 33.2 Å². The SMILES string of the molecule is Cc1ccc(C)c(OCCC(=O)NC(C)c2cccc(NS(C)(=O)=O)c2)c1. The van der Waals surface area contributed by atoms with E-state index in [1.165, 1.54) is 0 Å². The highest BCUT2D eigenvalue weighted by atomic mass is 32.2. The van der Waals surface area contributed by atoms with Gasteiger partial charge >= 0.3 is 0 Å². The van der Waals surface area contributed by atoms with Crippen molar-refractivity contribution >= 4 is 21.6 Å². The van der Waals surface area contributed by atoms with Gasteiger partial charge < -0.3 is 10.1 Å². The zero-order valence-electron chi connectivity index (χ0n) is 16.1. The van der Waals surface area contributed by atoms with Gasteiger partial charge in [-0.15, -0.1) is 0 Å². The summed E-state index contributed by atoms with van der Waals surface area (Å²) in [7, 11) is -3.34. The summed E-state index contributed by atoms with van der Waals surface area (Å²) < 4.78 is 30.8. The fraction of sp³-hybridized carbons (Fsp3) is 0.350. The molecule has 0 aliphatic carbocycles. The minimum absolute atomic E-state index is 0.130. The Hall–Kier alpha value is -2.54. The van der Waals surface area contributed by atoms with Gasteiger partial charge in [0.15, 0.2) is 0 Å². The van der Waals surface area contributed by atoms with Gasteiger partial charge in [-0.2, -0.15) is 0 Å². The van der Waals surface area contributed by atoms with Gasteiger partial charge in [-0.05, 0) is 55.7 Å². The highest BCUT2D eigenvalue weighted by Gasteiger charge is 2.11. The summed E-state index contributed by atoms with van der Waals surface area (Å²) in [6, 6.07) is 12.7. The first kappa shape index (κ1) is 20.8. The molecule has 27 heavy (non-hydrogen) atoms. The quantitative estimate of drug-likeness (QED) is 0.724. The maximum Gasteiger partial charge on any atom is 0.229 e. The van der Waals surface area contributed by atoms with Gasteiger partial charge in [0, 0.05) is 5.69 Å². The minimum Gasteiger partial charge on any atom is -0.493 e. The topological polar surface area (TPSA) is 84.5 Å². The monoisotopic (exact) mass is 390 g/mol. The molecule has 0 spiro atoms. The largest absolute Gasteiger partial charge is 0.493 e. The molecule has 6 nitrogen and oxygen atoms in total. The second kappa shape index (κ2) is 8.90. The second-order valence-corrected chi connectivity index (χ2v) is 8.40. The molecule has 0 aliphatic heterocycles. The first-order valence-electron chi connectivity index (χ1n) is 8.71. The van der Waals surface area contributed by atoms with Crippen LogP contribution in [0.1, 0.15) is 36.1 Å². The van der Waals surface area contributed by atoms with E-state index >= 15 is 0 Å². The number of sulfonamides is 1. The van der Waals surface area contributed by atoms with E-state index in [0.29, 0.717) is 12.3 Å². The molecule has 1 unspecified atom stereocenters. The van der Waals surface area contributed by atoms with Crippen molar-refractivity contribution < 1.29 is 17.9 Å². The summed E-state index contributed by atoms with van der Waals surface area (Å²) in [4.78, 5) is 12.2. The van der Waals surface area contributed by atoms with Gasteiger partial charge in [0.2, 0.25) is 15.9 Å². The lowest BCUT2D eigenvalue weighted by molar-refractivity contribution is -0.122. The Labute approximate surface area is 161 Å². The molecule has 1 atom stereocenters. The number of aryl methyl sites for hydroxylation is 2. The van der Waals surface area contributed by atoms with Crippen LogP contribution in [0, 0.1) is 13.8 Å². The maximum absolute atomic E-state index is 12.2. The van der Waals surface area contributed by atoms with Crippen LogP contribution in [0.15, 0.2) is 42.5 Å². The molecule has 7 heteroatoms. The smallest absolute Gasteiger partial charge is 0.229 e. The van der Waals surface area contributed by atoms with E-state index in [1.807, 2.05) is 45.0 Å². The van der Waals surface area contributed by atoms with Crippen molar-refractivity contribution in [2.75, 3.05) is 17.6 Å². The third-order valence-electron chi connectivity index (χ3n) is 4.00. The van der Waals surface area contributed by atoms with Crippen molar-refractivity contribution in [3.05, 3.63) is 59.2 Å². The molecular weight excluding hydrogens is 364 g/mol. The van der Waals surface area contributed by atoms with Crippen LogP contribution in [0.25, 0.3) is 0 Å². The van der Waals surface area contributed by atoms with E-state index in [2.05, 4.69) is 10.0 Å². The molecule has 0 aromatic heterocycles. The Balaban J connectivity index is 1.88. The molecule has 0 aliphatic rings. The average molecular weight is 391 g/mol. The molecule has 0 radical (unpaired) electrons. The van der Waals surface area contributed by atoms with Gasteiger partial charge in [-0.1, -0.05) is 24.3 Å². The number of hydrogen-bond donors (Lipinski definition) is 2. The Kier molecular flexibility index (Phi) is 6.85. The number of carbonyl (C=O) groups excluding carboxylic acids is 1. The maximum atomic E-state index is 12.2. The molecule has 2 rings (SSSR count). The molecule has 146 valence electrons. The lowest BCUT2D eigenvalue weighted by Crippen LogP contribution is -2.28. The van der Waals surface area contributed by atoms with Gasteiger partial charge in [-0.3, -0.25) is 9.52 Å². The van der Waals surface area contributed by atoms with E-state index in [-0.39, 0.29) is 18.4 Å². The Bertz CT molecular complexity index is 910. The third kappa shape index (κ3) is 6.94. The van der Waals surface area contributed by atoms with Gasteiger partial charge in [0.05, 0.1) is 25.3 Å². The predicted octanol–water partition coefficient (Wildman–Crippen LogP) is 3.32. The number of amides is 1. The Morgan fingerprint density at radius 1 is 1.15 bits per heavy atom. The fourth-order valence-electron chi connectivity index (χ4n) is 2.60. The zero-order chi connectivity index (χ0) is 20.0. The van der Waals surface area contributed by atoms with Gasteiger partial charge in [-0.25, -0.2) is 8.42 Å². The molecule has 2 aromatic carbocycles. The molecule has 2 N–H and O–H groups in total. The van der Waals surface area contributed by atoms with E-state index in [1.54, 1.807) is 18.2 Å². The van der Waals surface area contributed by atoms with Crippen LogP contribution in [0.4, 0.5) is 5.69 Å². The van der Waals surface area contributed by atoms with Crippen LogP contribution in [0.3, 0.4) is 0 Å². The highest BCUT2D eigenvalue weighted by Crippen LogP contribution is 2.20. The lowest BCUT2D eigenvalue weighted by atomic mass is 10.1. The molecule has 0 saturated heterocycles. The summed E-state index contributed by atoms with van der Waals surface area (Å²) in [5, 5.41) is 2.90. The number of rotatable bonds is 8. The van der Waals surface area contributed by atoms with E-state index in [9.17, 15) is 13.2 Å². The van der Waals surface area contributed by atoms with Crippen LogP contribution in [0.5, 0.6) is 5.75 Å². The van der Waals surface area contributed by atoms with Crippen LogP contribution in [-0.2, 0) is 14.8 Å². The number of hydrogen-bond acceptors (Lipinski definition) is 4. The minimum atomic E-state index is -3.34. The summed E-state index contributed by atoms with van der Waals surface area (Å²) in [5.41, 5.74) is 3.42. The molecule has 0 fully saturated rings. The molecule has 2 aromatic rings. The lowest BCUT2D eigenvalue weighted by Gasteiger charge is -2.16. The van der Waals surface area contributed by atoms with Crippen LogP contribution < -0.4 is 14.8 Å². The number of benzene rings is 2. The molecule has 0 heterocycles. The summed E-state index contributed by atoms with van der Waals surface area (Å²) in [5.74, 6) is 0.657. The predicted molar refractivity (Wildman–Crippen MR) is 107 cm³/mol. The van der Waals surface area contributed by atoms with Crippen molar-refractivity contribution in [1.82, 2.24) is 5.32 Å². The van der Waals surface area contributed by atoms with E-state index < -0.39 is 10.0 Å². The number of nitrogens with one attached hydrogen (secondary N) is 2. The molecule has 0 saturated carbocycles. The van der Waals surface area contributed by atoms with Crippen LogP contribution >= 0.6 is 0 Å². The summed E-state index contributed by atoms with van der Waals surface area (Å²) in [6.45, 7) is 6.10. The van der Waals surface area contributed by atoms with Gasteiger partial charge in [0.1, 0.15) is 5.75 Å². The van der Waals surface area contributed by atoms with Crippen LogP contribution in [-0.4, -0.2) is 27.2 Å². The van der Waals surface area contributed by atoms with E-state index in [0.717, 1.165) is 28.7 Å². The fourth-order valence-corrected chi connectivity index (χ4v) is 3.15. The number of ether oxygens (including phenoxy) is 1. The Morgan fingerprint density at radius 2 is 1.89 bits per heavy atom. The van der Waals surface area contributed by atoms with Crippen LogP contribution in [0.2, 0.25) is 0 Å². The van der Waals surface area contributed by atoms with Crippen molar-refractivity contribution in [2.24, 2.45) is 0 Å². The van der Waals surface area contributed by atoms with Crippen molar-refractivity contribution in [1.29, 1.82) is 0 Å². The zero-order valence-corrected chi connectivity index (χ0v) is 16.9. The molecule has 0 bridgehead atoms. The first-order valence-corrected chi connectivity index (χ1v) is 10.6. The number of carbonyl (C=O) groups is 1. The molecular formula is C20H26N2O4S. The second-order valence-electron chi connectivity index (χ2n) is 6.66. The van der Waals surface area contributed by atoms with Gasteiger partial charge in [0.25, 0.3) is 0 Å². The molecule has 1 amide bonds. The van der Waals surface area contributed by atoms with E-state index in [4.69, 9.17) is 4.74 Å². The summed E-state index contributed by atoms with van der Waals surface area (Å²) >= 11 is 0. The summed E-state index contributed by atoms with van der Waals surface area (Å²) in [6.07, 6.45) is 1.33. The van der Waals surface area contributed by atoms with Crippen molar-refractivity contribution in [3.8, 4) is 5.75 Å². The highest BCUT2D eigenvalue weighted by molar-refractivity contribution is 7.92. The first-order chi connectivity index (χ1) is 12.6. The normalized spacial score (nSPS) is 12.3. The average Bonchev–Trinajstić information content (AvgIpc) is 2.56. The third-order valence-corrected chi connectivity index (χ3v) is 4.60. The Morgan fingerprint density at radius 3 is 2.59 bits per heavy atom. The number of anilines is 1. The standard InChI is InChI=1S/C20H26N2O4S/c1-14-8-9-15(2)19(12-14)26-11-10-20(23)21-16(3)17-6-5-7-18(13-17)22-27(4,24)25/h5-9,12-13,16,22H,10-11H2,1-4H3,(H,21,23). The van der Waals surface area contributed by atoms with Crippen molar-refractivity contribution in [3.63, 3.8) is 0 Å².